The van der Waals surface area contributed by atoms with Crippen molar-refractivity contribution in [1.29, 1.82) is 0 Å². The van der Waals surface area contributed by atoms with Crippen LogP contribution in [-0.4, -0.2) is 18.4 Å². The number of carbonyl (C=O) groups is 1. The molecule has 1 N–H and O–H groups in total. The lowest BCUT2D eigenvalue weighted by Crippen LogP contribution is -2.43. The van der Waals surface area contributed by atoms with Crippen LogP contribution in [0.4, 0.5) is 0 Å². The topological polar surface area (TPSA) is 38.3 Å². The van der Waals surface area contributed by atoms with E-state index in [0.29, 0.717) is 0 Å². The number of allylic oxidation sites excluding steroid dienone is 1. The van der Waals surface area contributed by atoms with E-state index in [-0.39, 0.29) is 11.3 Å². The summed E-state index contributed by atoms with van der Waals surface area (Å²) in [5, 5.41) is 5.58. The summed E-state index contributed by atoms with van der Waals surface area (Å²) < 4.78 is 5.39. The fraction of sp³-hybridized carbons (Fsp3) is 0.208. The third kappa shape index (κ3) is 3.33. The number of hydrogen-bond donors (Lipinski definition) is 1. The van der Waals surface area contributed by atoms with Gasteiger partial charge in [-0.2, -0.15) is 0 Å². The molecule has 3 aromatic rings. The van der Waals surface area contributed by atoms with Crippen LogP contribution in [0.5, 0.6) is 5.75 Å². The molecular weight excluding hydrogens is 334 g/mol. The van der Waals surface area contributed by atoms with Gasteiger partial charge >= 0.3 is 0 Å². The lowest BCUT2D eigenvalue weighted by Gasteiger charge is -2.35. The number of carbonyl (C=O) groups excluding carboxylic acids is 1. The Hall–Kier alpha value is -3.07. The van der Waals surface area contributed by atoms with Gasteiger partial charge in [-0.15, -0.1) is 0 Å². The zero-order chi connectivity index (χ0) is 19.0. The smallest absolute Gasteiger partial charge is 0.188 e. The summed E-state index contributed by atoms with van der Waals surface area (Å²) in [5.41, 5.74) is 3.69. The molecule has 3 heteroatoms. The van der Waals surface area contributed by atoms with E-state index < -0.39 is 0 Å². The van der Waals surface area contributed by atoms with Crippen LogP contribution in [0.15, 0.2) is 66.7 Å². The van der Waals surface area contributed by atoms with E-state index >= 15 is 0 Å². The third-order valence-electron chi connectivity index (χ3n) is 5.04. The van der Waals surface area contributed by atoms with Crippen molar-refractivity contribution in [3.05, 3.63) is 83.4 Å². The molecule has 136 valence electrons. The molecule has 0 atom stereocenters. The fourth-order valence-electron chi connectivity index (χ4n) is 3.80. The van der Waals surface area contributed by atoms with Crippen molar-refractivity contribution in [1.82, 2.24) is 5.32 Å². The largest absolute Gasteiger partial charge is 0.497 e. The van der Waals surface area contributed by atoms with Gasteiger partial charge in [0.25, 0.3) is 0 Å². The summed E-state index contributed by atoms with van der Waals surface area (Å²) in [5.74, 6) is 0.791. The minimum absolute atomic E-state index is 0.000713. The van der Waals surface area contributed by atoms with Crippen LogP contribution in [0.25, 0.3) is 16.5 Å². The van der Waals surface area contributed by atoms with Crippen LogP contribution in [0, 0.1) is 0 Å². The second-order valence-corrected chi connectivity index (χ2v) is 7.66. The van der Waals surface area contributed by atoms with Gasteiger partial charge in [0, 0.05) is 28.4 Å². The van der Waals surface area contributed by atoms with Gasteiger partial charge < -0.3 is 10.1 Å². The Kier molecular flexibility index (Phi) is 4.23. The van der Waals surface area contributed by atoms with Crippen LogP contribution in [-0.2, 0) is 6.42 Å². The average Bonchev–Trinajstić information content (AvgIpc) is 2.66. The number of rotatable bonds is 3. The van der Waals surface area contributed by atoms with Crippen LogP contribution >= 0.6 is 0 Å². The van der Waals surface area contributed by atoms with Gasteiger partial charge in [-0.25, -0.2) is 0 Å². The van der Waals surface area contributed by atoms with Crippen molar-refractivity contribution < 1.29 is 9.53 Å². The molecule has 1 heterocycles. The first kappa shape index (κ1) is 17.3. The fourth-order valence-corrected chi connectivity index (χ4v) is 3.80. The monoisotopic (exact) mass is 357 g/mol. The molecule has 0 saturated heterocycles. The van der Waals surface area contributed by atoms with E-state index in [1.165, 1.54) is 5.56 Å². The first-order chi connectivity index (χ1) is 13.0. The van der Waals surface area contributed by atoms with Crippen molar-refractivity contribution >= 4 is 22.3 Å². The number of methoxy groups -OCH3 is 1. The number of hydrogen-bond acceptors (Lipinski definition) is 3. The highest BCUT2D eigenvalue weighted by atomic mass is 16.5. The molecule has 27 heavy (non-hydrogen) atoms. The Bertz CT molecular complexity index is 1060. The summed E-state index contributed by atoms with van der Waals surface area (Å²) >= 11 is 0. The average molecular weight is 357 g/mol. The predicted molar refractivity (Wildman–Crippen MR) is 110 cm³/mol. The van der Waals surface area contributed by atoms with Gasteiger partial charge in [0.2, 0.25) is 0 Å². The molecule has 3 nitrogen and oxygen atoms in total. The van der Waals surface area contributed by atoms with Gasteiger partial charge in [-0.05, 0) is 48.7 Å². The summed E-state index contributed by atoms with van der Waals surface area (Å²) in [6.45, 7) is 4.30. The Balaban J connectivity index is 1.82. The van der Waals surface area contributed by atoms with Crippen LogP contribution in [0.3, 0.4) is 0 Å². The van der Waals surface area contributed by atoms with Crippen molar-refractivity contribution in [3.8, 4) is 5.75 Å². The zero-order valence-corrected chi connectivity index (χ0v) is 15.9. The maximum atomic E-state index is 13.2. The molecule has 3 aromatic carbocycles. The summed E-state index contributed by atoms with van der Waals surface area (Å²) in [6.07, 6.45) is 2.62. The molecule has 0 amide bonds. The maximum absolute atomic E-state index is 13.2. The van der Waals surface area contributed by atoms with Crippen molar-refractivity contribution in [2.45, 2.75) is 25.8 Å². The Morgan fingerprint density at radius 3 is 2.67 bits per heavy atom. The standard InChI is InChI=1S/C24H23NO2/c1-24(2)15-17-11-12-18(27-3)13-21(17)22(25-24)14-23(26)20-10-6-8-16-7-4-5-9-19(16)20/h4-14,25H,15H2,1-3H3/b22-14-. The normalized spacial score (nSPS) is 16.6. The van der Waals surface area contributed by atoms with Gasteiger partial charge in [0.05, 0.1) is 7.11 Å². The van der Waals surface area contributed by atoms with Crippen molar-refractivity contribution in [2.75, 3.05) is 7.11 Å². The molecular formula is C24H23NO2. The molecule has 0 radical (unpaired) electrons. The molecule has 0 fully saturated rings. The van der Waals surface area contributed by atoms with Crippen LogP contribution < -0.4 is 10.1 Å². The Morgan fingerprint density at radius 1 is 1.07 bits per heavy atom. The number of ketones is 1. The quantitative estimate of drug-likeness (QED) is 0.530. The molecule has 0 saturated carbocycles. The van der Waals surface area contributed by atoms with Gasteiger partial charge in [0.15, 0.2) is 5.78 Å². The minimum atomic E-state index is -0.119. The summed E-state index contributed by atoms with van der Waals surface area (Å²) in [6, 6.07) is 19.9. The highest BCUT2D eigenvalue weighted by molar-refractivity contribution is 6.15. The molecule has 4 rings (SSSR count). The molecule has 1 aliphatic heterocycles. The first-order valence-corrected chi connectivity index (χ1v) is 9.16. The van der Waals surface area contributed by atoms with Crippen molar-refractivity contribution in [2.24, 2.45) is 0 Å². The Labute approximate surface area is 159 Å². The summed E-state index contributed by atoms with van der Waals surface area (Å²) in [7, 11) is 1.66. The summed E-state index contributed by atoms with van der Waals surface area (Å²) in [4.78, 5) is 13.2. The van der Waals surface area contributed by atoms with Gasteiger partial charge in [-0.1, -0.05) is 48.5 Å². The van der Waals surface area contributed by atoms with Gasteiger partial charge in [-0.3, -0.25) is 4.79 Å². The molecule has 0 unspecified atom stereocenters. The number of ether oxygens (including phenoxy) is 1. The van der Waals surface area contributed by atoms with Crippen LogP contribution in [0.1, 0.15) is 35.3 Å². The molecule has 0 aromatic heterocycles. The van der Waals surface area contributed by atoms with Crippen molar-refractivity contribution in [3.63, 3.8) is 0 Å². The first-order valence-electron chi connectivity index (χ1n) is 9.16. The molecule has 0 bridgehead atoms. The third-order valence-corrected chi connectivity index (χ3v) is 5.04. The van der Waals surface area contributed by atoms with E-state index in [9.17, 15) is 4.79 Å². The molecule has 0 spiro atoms. The lowest BCUT2D eigenvalue weighted by atomic mass is 9.85. The highest BCUT2D eigenvalue weighted by Crippen LogP contribution is 2.32. The SMILES string of the molecule is COc1ccc2c(c1)/C(=C/C(=O)c1cccc3ccccc13)NC(C)(C)C2. The minimum Gasteiger partial charge on any atom is -0.497 e. The zero-order valence-electron chi connectivity index (χ0n) is 15.9. The highest BCUT2D eigenvalue weighted by Gasteiger charge is 2.28. The van der Waals surface area contributed by atoms with E-state index in [1.54, 1.807) is 13.2 Å². The molecule has 1 aliphatic rings. The predicted octanol–water partition coefficient (Wildman–Crippen LogP) is 5.00. The Morgan fingerprint density at radius 2 is 1.85 bits per heavy atom. The lowest BCUT2D eigenvalue weighted by molar-refractivity contribution is 0.104. The number of nitrogens with one attached hydrogen (secondary N) is 1. The van der Waals surface area contributed by atoms with E-state index in [2.05, 4.69) is 25.2 Å². The van der Waals surface area contributed by atoms with Gasteiger partial charge in [0.1, 0.15) is 5.75 Å². The maximum Gasteiger partial charge on any atom is 0.188 e. The van der Waals surface area contributed by atoms with E-state index in [4.69, 9.17) is 4.74 Å². The second kappa shape index (κ2) is 6.58. The van der Waals surface area contributed by atoms with E-state index in [0.717, 1.165) is 39.8 Å². The van der Waals surface area contributed by atoms with E-state index in [1.807, 2.05) is 54.6 Å². The molecule has 0 aliphatic carbocycles. The number of fused-ring (bicyclic) bond motifs is 2. The second-order valence-electron chi connectivity index (χ2n) is 7.66. The van der Waals surface area contributed by atoms with Crippen LogP contribution in [0.2, 0.25) is 0 Å². The number of benzene rings is 3.